The molecule has 0 aliphatic rings. The summed E-state index contributed by atoms with van der Waals surface area (Å²) in [7, 11) is 0. The third kappa shape index (κ3) is 5.69. The Kier molecular flexibility index (Phi) is 6.76. The largest absolute Gasteiger partial charge is 0.489 e. The molecule has 0 saturated heterocycles. The first-order chi connectivity index (χ1) is 12.8. The van der Waals surface area contributed by atoms with E-state index in [-0.39, 0.29) is 6.61 Å². The summed E-state index contributed by atoms with van der Waals surface area (Å²) in [6.07, 6.45) is 3.64. The molecule has 0 spiro atoms. The van der Waals surface area contributed by atoms with E-state index in [0.29, 0.717) is 13.2 Å². The lowest BCUT2D eigenvalue weighted by atomic mass is 10.2. The maximum absolute atomic E-state index is 9.34. The first-order valence-corrected chi connectivity index (χ1v) is 8.81. The predicted octanol–water partition coefficient (Wildman–Crippen LogP) is 3.66. The van der Waals surface area contributed by atoms with Gasteiger partial charge in [0.2, 0.25) is 0 Å². The standard InChI is InChI=1S/C22H24N2O2/c25-14-13-24(17-21-7-4-12-23-15-21)16-19-8-10-22(11-9-19)26-18-20-5-2-1-3-6-20/h1-12,15,25H,13-14,16-18H2. The predicted molar refractivity (Wildman–Crippen MR) is 103 cm³/mol. The van der Waals surface area contributed by atoms with Crippen molar-refractivity contribution >= 4 is 0 Å². The normalized spacial score (nSPS) is 10.8. The fraction of sp³-hybridized carbons (Fsp3) is 0.227. The maximum atomic E-state index is 9.34. The van der Waals surface area contributed by atoms with Crippen molar-refractivity contribution in [3.63, 3.8) is 0 Å². The Bertz CT molecular complexity index is 761. The van der Waals surface area contributed by atoms with Crippen LogP contribution >= 0.6 is 0 Å². The topological polar surface area (TPSA) is 45.6 Å². The Morgan fingerprint density at radius 3 is 2.23 bits per heavy atom. The second kappa shape index (κ2) is 9.70. The van der Waals surface area contributed by atoms with E-state index in [9.17, 15) is 5.11 Å². The summed E-state index contributed by atoms with van der Waals surface area (Å²) >= 11 is 0. The van der Waals surface area contributed by atoms with Crippen LogP contribution in [0.5, 0.6) is 5.75 Å². The van der Waals surface area contributed by atoms with E-state index in [1.165, 1.54) is 5.56 Å². The van der Waals surface area contributed by atoms with Gasteiger partial charge >= 0.3 is 0 Å². The Morgan fingerprint density at radius 2 is 1.54 bits per heavy atom. The molecule has 2 aromatic carbocycles. The van der Waals surface area contributed by atoms with Gasteiger partial charge in [0.05, 0.1) is 6.61 Å². The summed E-state index contributed by atoms with van der Waals surface area (Å²) in [6, 6.07) is 22.3. The summed E-state index contributed by atoms with van der Waals surface area (Å²) < 4.78 is 5.83. The smallest absolute Gasteiger partial charge is 0.119 e. The number of rotatable bonds is 9. The van der Waals surface area contributed by atoms with Gasteiger partial charge in [-0.15, -0.1) is 0 Å². The average Bonchev–Trinajstić information content (AvgIpc) is 2.69. The minimum absolute atomic E-state index is 0.137. The summed E-state index contributed by atoms with van der Waals surface area (Å²) in [5.41, 5.74) is 3.49. The second-order valence-electron chi connectivity index (χ2n) is 6.21. The van der Waals surface area contributed by atoms with Crippen LogP contribution in [0.2, 0.25) is 0 Å². The number of benzene rings is 2. The number of hydrogen-bond acceptors (Lipinski definition) is 4. The zero-order valence-electron chi connectivity index (χ0n) is 14.8. The molecule has 0 unspecified atom stereocenters. The molecule has 3 aromatic rings. The van der Waals surface area contributed by atoms with Crippen LogP contribution in [-0.2, 0) is 19.7 Å². The molecule has 4 nitrogen and oxygen atoms in total. The van der Waals surface area contributed by atoms with Gasteiger partial charge in [0.25, 0.3) is 0 Å². The van der Waals surface area contributed by atoms with Gasteiger partial charge in [0.15, 0.2) is 0 Å². The van der Waals surface area contributed by atoms with Gasteiger partial charge in [0.1, 0.15) is 12.4 Å². The van der Waals surface area contributed by atoms with Crippen LogP contribution in [0.3, 0.4) is 0 Å². The first-order valence-electron chi connectivity index (χ1n) is 8.81. The minimum atomic E-state index is 0.137. The fourth-order valence-electron chi connectivity index (χ4n) is 2.80. The Hall–Kier alpha value is -2.69. The second-order valence-corrected chi connectivity index (χ2v) is 6.21. The molecular formula is C22H24N2O2. The molecule has 134 valence electrons. The number of aliphatic hydroxyl groups excluding tert-OH is 1. The van der Waals surface area contributed by atoms with E-state index in [4.69, 9.17) is 4.74 Å². The molecule has 0 bridgehead atoms. The lowest BCUT2D eigenvalue weighted by molar-refractivity contribution is 0.184. The van der Waals surface area contributed by atoms with Gasteiger partial charge in [-0.3, -0.25) is 9.88 Å². The van der Waals surface area contributed by atoms with E-state index in [0.717, 1.165) is 30.0 Å². The SMILES string of the molecule is OCCN(Cc1ccc(OCc2ccccc2)cc1)Cc1cccnc1. The molecule has 4 heteroatoms. The van der Waals surface area contributed by atoms with Crippen LogP contribution in [0.1, 0.15) is 16.7 Å². The van der Waals surface area contributed by atoms with Gasteiger partial charge in [-0.1, -0.05) is 48.5 Å². The monoisotopic (exact) mass is 348 g/mol. The molecule has 1 N–H and O–H groups in total. The van der Waals surface area contributed by atoms with Crippen molar-refractivity contribution in [2.75, 3.05) is 13.2 Å². The maximum Gasteiger partial charge on any atom is 0.119 e. The van der Waals surface area contributed by atoms with Gasteiger partial charge in [-0.25, -0.2) is 0 Å². The van der Waals surface area contributed by atoms with Crippen molar-refractivity contribution < 1.29 is 9.84 Å². The molecule has 3 rings (SSSR count). The van der Waals surface area contributed by atoms with Crippen molar-refractivity contribution in [2.24, 2.45) is 0 Å². The van der Waals surface area contributed by atoms with E-state index in [2.05, 4.69) is 40.2 Å². The summed E-state index contributed by atoms with van der Waals surface area (Å²) in [4.78, 5) is 6.36. The highest BCUT2D eigenvalue weighted by Gasteiger charge is 2.07. The lowest BCUT2D eigenvalue weighted by Crippen LogP contribution is -2.26. The van der Waals surface area contributed by atoms with Crippen LogP contribution < -0.4 is 4.74 Å². The number of hydrogen-bond donors (Lipinski definition) is 1. The Balaban J connectivity index is 1.56. The third-order valence-electron chi connectivity index (χ3n) is 4.12. The molecule has 0 radical (unpaired) electrons. The summed E-state index contributed by atoms with van der Waals surface area (Å²) in [6.45, 7) is 2.87. The average molecular weight is 348 g/mol. The van der Waals surface area contributed by atoms with Crippen molar-refractivity contribution in [3.8, 4) is 5.75 Å². The van der Waals surface area contributed by atoms with Gasteiger partial charge in [0, 0.05) is 32.0 Å². The Labute approximate surface area is 154 Å². The van der Waals surface area contributed by atoms with Crippen LogP contribution in [0.25, 0.3) is 0 Å². The van der Waals surface area contributed by atoms with Crippen molar-refractivity contribution in [3.05, 3.63) is 95.8 Å². The Morgan fingerprint density at radius 1 is 0.808 bits per heavy atom. The van der Waals surface area contributed by atoms with Crippen LogP contribution in [0, 0.1) is 0 Å². The number of nitrogens with zero attached hydrogens (tertiary/aromatic N) is 2. The molecular weight excluding hydrogens is 324 g/mol. The fourth-order valence-corrected chi connectivity index (χ4v) is 2.80. The summed E-state index contributed by atoms with van der Waals surface area (Å²) in [5.74, 6) is 0.860. The third-order valence-corrected chi connectivity index (χ3v) is 4.12. The molecule has 26 heavy (non-hydrogen) atoms. The van der Waals surface area contributed by atoms with E-state index in [1.807, 2.05) is 42.6 Å². The van der Waals surface area contributed by atoms with Crippen LogP contribution in [-0.4, -0.2) is 28.1 Å². The first kappa shape index (κ1) is 18.1. The molecule has 0 amide bonds. The van der Waals surface area contributed by atoms with Crippen molar-refractivity contribution in [1.82, 2.24) is 9.88 Å². The zero-order valence-corrected chi connectivity index (χ0v) is 14.8. The molecule has 0 aliphatic heterocycles. The van der Waals surface area contributed by atoms with Gasteiger partial charge < -0.3 is 9.84 Å². The van der Waals surface area contributed by atoms with Crippen molar-refractivity contribution in [1.29, 1.82) is 0 Å². The quantitative estimate of drug-likeness (QED) is 0.641. The van der Waals surface area contributed by atoms with Crippen LogP contribution in [0.15, 0.2) is 79.1 Å². The molecule has 1 aromatic heterocycles. The van der Waals surface area contributed by atoms with Crippen molar-refractivity contribution in [2.45, 2.75) is 19.7 Å². The van der Waals surface area contributed by atoms with Gasteiger partial charge in [-0.05, 0) is 34.9 Å². The number of aliphatic hydroxyl groups is 1. The van der Waals surface area contributed by atoms with Crippen LogP contribution in [0.4, 0.5) is 0 Å². The zero-order chi connectivity index (χ0) is 18.0. The number of ether oxygens (including phenoxy) is 1. The number of aromatic nitrogens is 1. The molecule has 0 saturated carbocycles. The molecule has 0 aliphatic carbocycles. The molecule has 0 fully saturated rings. The van der Waals surface area contributed by atoms with E-state index < -0.39 is 0 Å². The summed E-state index contributed by atoms with van der Waals surface area (Å²) in [5, 5.41) is 9.34. The highest BCUT2D eigenvalue weighted by Crippen LogP contribution is 2.16. The lowest BCUT2D eigenvalue weighted by Gasteiger charge is -2.21. The van der Waals surface area contributed by atoms with Gasteiger partial charge in [-0.2, -0.15) is 0 Å². The van der Waals surface area contributed by atoms with E-state index >= 15 is 0 Å². The molecule has 1 heterocycles. The number of pyridine rings is 1. The minimum Gasteiger partial charge on any atom is -0.489 e. The molecule has 0 atom stereocenters. The highest BCUT2D eigenvalue weighted by molar-refractivity contribution is 5.28. The van der Waals surface area contributed by atoms with E-state index in [1.54, 1.807) is 6.20 Å². The highest BCUT2D eigenvalue weighted by atomic mass is 16.5.